The Labute approximate surface area is 136 Å². The van der Waals surface area contributed by atoms with E-state index in [9.17, 15) is 9.50 Å². The van der Waals surface area contributed by atoms with Gasteiger partial charge >= 0.3 is 0 Å². The molecule has 3 aromatic rings. The number of thiocarbonyl (C=S) groups is 1. The third-order valence-electron chi connectivity index (χ3n) is 3.29. The summed E-state index contributed by atoms with van der Waals surface area (Å²) in [6, 6.07) is 13.7. The zero-order valence-corrected chi connectivity index (χ0v) is 12.8. The van der Waals surface area contributed by atoms with Crippen LogP contribution in [0.15, 0.2) is 58.8 Å². The van der Waals surface area contributed by atoms with E-state index in [2.05, 4.69) is 20.5 Å². The van der Waals surface area contributed by atoms with Crippen molar-refractivity contribution in [3.8, 4) is 5.88 Å². The first-order valence-electron chi connectivity index (χ1n) is 6.88. The zero-order chi connectivity index (χ0) is 16.2. The summed E-state index contributed by atoms with van der Waals surface area (Å²) in [7, 11) is 0. The Hall–Kier alpha value is -2.80. The van der Waals surface area contributed by atoms with Gasteiger partial charge in [0.2, 0.25) is 11.0 Å². The molecule has 116 valence electrons. The molecule has 0 saturated heterocycles. The molecule has 1 aromatic heterocycles. The third kappa shape index (κ3) is 3.35. The molecule has 7 heteroatoms. The van der Waals surface area contributed by atoms with Gasteiger partial charge < -0.3 is 15.4 Å². The van der Waals surface area contributed by atoms with E-state index in [-0.39, 0.29) is 23.4 Å². The first kappa shape index (κ1) is 15.1. The fourth-order valence-electron chi connectivity index (χ4n) is 2.16. The lowest BCUT2D eigenvalue weighted by atomic mass is 10.2. The van der Waals surface area contributed by atoms with E-state index in [0.29, 0.717) is 11.3 Å². The molecule has 0 atom stereocenters. The van der Waals surface area contributed by atoms with Crippen LogP contribution in [0.2, 0.25) is 0 Å². The summed E-state index contributed by atoms with van der Waals surface area (Å²) in [4.78, 5) is 2.80. The van der Waals surface area contributed by atoms with E-state index >= 15 is 0 Å². The van der Waals surface area contributed by atoms with Crippen molar-refractivity contribution < 1.29 is 9.50 Å². The van der Waals surface area contributed by atoms with Gasteiger partial charge in [-0.3, -0.25) is 0 Å². The summed E-state index contributed by atoms with van der Waals surface area (Å²) >= 11 is 5.05. The summed E-state index contributed by atoms with van der Waals surface area (Å²) in [5.74, 6) is -0.388. The van der Waals surface area contributed by atoms with Gasteiger partial charge in [0.25, 0.3) is 0 Å². The topological polar surface area (TPSA) is 72.8 Å². The highest BCUT2D eigenvalue weighted by Crippen LogP contribution is 2.35. The van der Waals surface area contributed by atoms with Crippen LogP contribution in [0.3, 0.4) is 0 Å². The van der Waals surface area contributed by atoms with Crippen LogP contribution in [0.25, 0.3) is 10.9 Å². The Morgan fingerprint density at radius 2 is 1.91 bits per heavy atom. The van der Waals surface area contributed by atoms with Gasteiger partial charge in [-0.15, -0.1) is 10.2 Å². The van der Waals surface area contributed by atoms with Crippen LogP contribution in [0.5, 0.6) is 5.88 Å². The maximum Gasteiger partial charge on any atom is 0.218 e. The van der Waals surface area contributed by atoms with Gasteiger partial charge in [-0.05, 0) is 24.4 Å². The Kier molecular flexibility index (Phi) is 4.29. The van der Waals surface area contributed by atoms with Gasteiger partial charge in [-0.1, -0.05) is 36.4 Å². The van der Waals surface area contributed by atoms with E-state index in [1.165, 1.54) is 6.07 Å². The average molecular weight is 328 g/mol. The molecule has 0 aliphatic carbocycles. The Balaban J connectivity index is 1.71. The minimum Gasteiger partial charge on any atom is -0.493 e. The van der Waals surface area contributed by atoms with Crippen LogP contribution in [-0.4, -0.2) is 15.2 Å². The van der Waals surface area contributed by atoms with Gasteiger partial charge in [0.1, 0.15) is 5.82 Å². The lowest BCUT2D eigenvalue weighted by Crippen LogP contribution is -2.18. The van der Waals surface area contributed by atoms with Crippen LogP contribution in [-0.2, 0) is 6.54 Å². The van der Waals surface area contributed by atoms with Crippen molar-refractivity contribution in [3.63, 3.8) is 0 Å². The molecule has 0 aliphatic rings. The first-order chi connectivity index (χ1) is 11.1. The molecule has 2 aromatic carbocycles. The number of halogens is 1. The monoisotopic (exact) mass is 328 g/mol. The molecular formula is C16H13FN4OS. The Bertz CT molecular complexity index is 891. The Morgan fingerprint density at radius 3 is 2.74 bits per heavy atom. The van der Waals surface area contributed by atoms with Crippen molar-refractivity contribution in [3.05, 3.63) is 59.9 Å². The molecule has 0 fully saturated rings. The van der Waals surface area contributed by atoms with Crippen molar-refractivity contribution in [2.24, 2.45) is 10.2 Å². The fraction of sp³-hybridized carbons (Fsp3) is 0.0625. The second-order valence-corrected chi connectivity index (χ2v) is 5.20. The molecule has 0 spiro atoms. The smallest absolute Gasteiger partial charge is 0.218 e. The van der Waals surface area contributed by atoms with Crippen molar-refractivity contribution in [1.29, 1.82) is 0 Å². The van der Waals surface area contributed by atoms with E-state index in [4.69, 9.17) is 12.2 Å². The van der Waals surface area contributed by atoms with E-state index < -0.39 is 0 Å². The molecule has 1 heterocycles. The molecule has 0 amide bonds. The number of fused-ring (bicyclic) bond motifs is 1. The zero-order valence-electron chi connectivity index (χ0n) is 12.0. The number of para-hydroxylation sites is 1. The Morgan fingerprint density at radius 1 is 1.17 bits per heavy atom. The molecule has 0 unspecified atom stereocenters. The minimum absolute atomic E-state index is 0.0770. The third-order valence-corrected chi connectivity index (χ3v) is 3.51. The number of hydrogen-bond acceptors (Lipinski definition) is 3. The summed E-state index contributed by atoms with van der Waals surface area (Å²) in [5.41, 5.74) is 1.56. The summed E-state index contributed by atoms with van der Waals surface area (Å²) in [5, 5.41) is 21.4. The van der Waals surface area contributed by atoms with E-state index in [1.54, 1.807) is 18.2 Å². The van der Waals surface area contributed by atoms with Crippen LogP contribution in [0.4, 0.5) is 10.1 Å². The van der Waals surface area contributed by atoms with Gasteiger partial charge in [-0.25, -0.2) is 4.39 Å². The number of nitrogens with one attached hydrogen (secondary N) is 2. The van der Waals surface area contributed by atoms with Crippen molar-refractivity contribution in [1.82, 2.24) is 10.3 Å². The highest BCUT2D eigenvalue weighted by atomic mass is 32.1. The molecule has 23 heavy (non-hydrogen) atoms. The van der Waals surface area contributed by atoms with Gasteiger partial charge in [0.15, 0.2) is 5.69 Å². The second-order valence-electron chi connectivity index (χ2n) is 4.82. The molecule has 3 rings (SSSR count). The van der Waals surface area contributed by atoms with E-state index in [1.807, 2.05) is 24.3 Å². The molecule has 0 radical (unpaired) electrons. The number of rotatable bonds is 3. The van der Waals surface area contributed by atoms with Crippen LogP contribution in [0.1, 0.15) is 5.56 Å². The normalized spacial score (nSPS) is 11.2. The number of hydrogen-bond donors (Lipinski definition) is 3. The van der Waals surface area contributed by atoms with Crippen molar-refractivity contribution in [2.45, 2.75) is 6.54 Å². The predicted octanol–water partition coefficient (Wildman–Crippen LogP) is 4.17. The first-order valence-corrected chi connectivity index (χ1v) is 7.28. The lowest BCUT2D eigenvalue weighted by Gasteiger charge is -2.04. The number of azo groups is 1. The number of nitrogens with zero attached hydrogens (tertiary/aromatic N) is 2. The fourth-order valence-corrected chi connectivity index (χ4v) is 2.27. The molecule has 0 saturated carbocycles. The molecule has 5 nitrogen and oxygen atoms in total. The maximum atomic E-state index is 13.5. The number of benzene rings is 2. The van der Waals surface area contributed by atoms with Crippen LogP contribution < -0.4 is 5.32 Å². The quantitative estimate of drug-likeness (QED) is 0.499. The van der Waals surface area contributed by atoms with Crippen LogP contribution in [0, 0.1) is 5.82 Å². The molecule has 3 N–H and O–H groups in total. The number of aromatic amines is 1. The summed E-state index contributed by atoms with van der Waals surface area (Å²) in [6.07, 6.45) is 0. The summed E-state index contributed by atoms with van der Waals surface area (Å²) < 4.78 is 13.5. The average Bonchev–Trinajstić information content (AvgIpc) is 2.87. The number of aromatic nitrogens is 1. The molecule has 0 aliphatic heterocycles. The molecule has 0 bridgehead atoms. The number of aromatic hydroxyl groups is 1. The van der Waals surface area contributed by atoms with Crippen molar-refractivity contribution >= 4 is 33.9 Å². The van der Waals surface area contributed by atoms with Gasteiger partial charge in [0.05, 0.1) is 5.52 Å². The summed E-state index contributed by atoms with van der Waals surface area (Å²) in [6.45, 7) is 0.213. The van der Waals surface area contributed by atoms with Crippen LogP contribution >= 0.6 is 12.2 Å². The van der Waals surface area contributed by atoms with E-state index in [0.717, 1.165) is 10.9 Å². The van der Waals surface area contributed by atoms with Gasteiger partial charge in [-0.2, -0.15) is 0 Å². The predicted molar refractivity (Wildman–Crippen MR) is 90.3 cm³/mol. The highest BCUT2D eigenvalue weighted by molar-refractivity contribution is 7.80. The van der Waals surface area contributed by atoms with Crippen molar-refractivity contribution in [2.75, 3.05) is 0 Å². The maximum absolute atomic E-state index is 13.5. The SMILES string of the molecule is Oc1[nH]c2ccccc2c1N=NC(=S)NCc1ccccc1F. The molecular weight excluding hydrogens is 315 g/mol. The van der Waals surface area contributed by atoms with Gasteiger partial charge in [0, 0.05) is 17.5 Å². The highest BCUT2D eigenvalue weighted by Gasteiger charge is 2.09. The number of H-pyrrole nitrogens is 1. The lowest BCUT2D eigenvalue weighted by molar-refractivity contribution is 0.459. The standard InChI is InChI=1S/C16H13FN4OS/c17-12-7-3-1-5-10(12)9-18-16(23)21-20-14-11-6-2-4-8-13(11)19-15(14)22/h1-8,19,22H,9H2,(H,18,23). The minimum atomic E-state index is -0.311. The largest absolute Gasteiger partial charge is 0.493 e. The second kappa shape index (κ2) is 6.53.